The largest absolute Gasteiger partial charge is 0.466 e. The molecule has 0 unspecified atom stereocenters. The molecule has 0 aliphatic heterocycles. The quantitative estimate of drug-likeness (QED) is 0.426. The molecule has 0 saturated heterocycles. The molecule has 1 aliphatic rings. The highest BCUT2D eigenvalue weighted by atomic mass is 19.2. The lowest BCUT2D eigenvalue weighted by Gasteiger charge is -2.28. The first-order chi connectivity index (χ1) is 15.1. The molecule has 3 rings (SSSR count). The maximum Gasteiger partial charge on any atom is 0.408 e. The molecule has 1 aromatic heterocycles. The smallest absolute Gasteiger partial charge is 0.408 e. The van der Waals surface area contributed by atoms with Crippen molar-refractivity contribution in [3.63, 3.8) is 0 Å². The van der Waals surface area contributed by atoms with Gasteiger partial charge in [-0.15, -0.1) is 0 Å². The van der Waals surface area contributed by atoms with Crippen LogP contribution >= 0.6 is 0 Å². The number of alkyl carbamates (subject to hydrolysis) is 1. The van der Waals surface area contributed by atoms with Crippen LogP contribution in [0.1, 0.15) is 62.5 Å². The van der Waals surface area contributed by atoms with Gasteiger partial charge in [-0.1, -0.05) is 12.1 Å². The minimum Gasteiger partial charge on any atom is -0.466 e. The minimum absolute atomic E-state index is 0.0852. The first kappa shape index (κ1) is 23.3. The molecule has 32 heavy (non-hydrogen) atoms. The molecule has 2 aromatic rings. The van der Waals surface area contributed by atoms with Crippen LogP contribution in [0.2, 0.25) is 0 Å². The monoisotopic (exact) mass is 445 g/mol. The van der Waals surface area contributed by atoms with Gasteiger partial charge in [0.1, 0.15) is 5.60 Å². The van der Waals surface area contributed by atoms with Crippen LogP contribution in [-0.2, 0) is 14.3 Å². The van der Waals surface area contributed by atoms with E-state index in [1.807, 2.05) is 0 Å². The van der Waals surface area contributed by atoms with Crippen LogP contribution in [0.5, 0.6) is 0 Å². The summed E-state index contributed by atoms with van der Waals surface area (Å²) in [5.74, 6) is -3.27. The summed E-state index contributed by atoms with van der Waals surface area (Å²) in [6.45, 7) is 5.15. The lowest BCUT2D eigenvalue weighted by molar-refractivity contribution is -0.134. The van der Waals surface area contributed by atoms with Gasteiger partial charge in [-0.3, -0.25) is 9.97 Å². The van der Waals surface area contributed by atoms with Crippen molar-refractivity contribution < 1.29 is 27.8 Å². The molecule has 0 saturated carbocycles. The molecule has 0 radical (unpaired) electrons. The van der Waals surface area contributed by atoms with E-state index in [0.717, 1.165) is 6.07 Å². The molecule has 7 nitrogen and oxygen atoms in total. The van der Waals surface area contributed by atoms with Gasteiger partial charge in [-0.25, -0.2) is 18.4 Å². The number of benzene rings is 1. The Labute approximate surface area is 184 Å². The zero-order valence-electron chi connectivity index (χ0n) is 18.3. The number of carbonyl (C=O) groups excluding carboxylic acids is 2. The van der Waals surface area contributed by atoms with E-state index in [1.165, 1.54) is 37.7 Å². The van der Waals surface area contributed by atoms with E-state index in [0.29, 0.717) is 23.4 Å². The fourth-order valence-electron chi connectivity index (χ4n) is 3.70. The number of halogens is 2. The molecule has 1 N–H and O–H groups in total. The van der Waals surface area contributed by atoms with Gasteiger partial charge in [0.15, 0.2) is 11.6 Å². The number of hydrogen-bond donors (Lipinski definition) is 1. The second-order valence-corrected chi connectivity index (χ2v) is 8.40. The molecule has 0 spiro atoms. The Morgan fingerprint density at radius 2 is 1.91 bits per heavy atom. The van der Waals surface area contributed by atoms with E-state index in [2.05, 4.69) is 15.3 Å². The van der Waals surface area contributed by atoms with Gasteiger partial charge in [0.2, 0.25) is 0 Å². The van der Waals surface area contributed by atoms with Gasteiger partial charge in [-0.05, 0) is 50.8 Å². The summed E-state index contributed by atoms with van der Waals surface area (Å²) in [7, 11) is 1.26. The fourth-order valence-corrected chi connectivity index (χ4v) is 3.70. The Hall–Kier alpha value is -3.36. The Balaban J connectivity index is 2.14. The third-order valence-corrected chi connectivity index (χ3v) is 5.00. The normalized spacial score (nSPS) is 19.6. The number of ether oxygens (including phenoxy) is 2. The summed E-state index contributed by atoms with van der Waals surface area (Å²) in [4.78, 5) is 33.3. The van der Waals surface area contributed by atoms with Gasteiger partial charge in [0.25, 0.3) is 0 Å². The van der Waals surface area contributed by atoms with Crippen molar-refractivity contribution in [1.82, 2.24) is 15.3 Å². The maximum absolute atomic E-state index is 14.8. The topological polar surface area (TPSA) is 90.4 Å². The number of fused-ring (bicyclic) bond motifs is 1. The van der Waals surface area contributed by atoms with Crippen LogP contribution in [0.25, 0.3) is 5.57 Å². The molecule has 2 atom stereocenters. The highest BCUT2D eigenvalue weighted by Crippen LogP contribution is 2.43. The lowest BCUT2D eigenvalue weighted by atomic mass is 9.86. The summed E-state index contributed by atoms with van der Waals surface area (Å²) in [5, 5.41) is 2.76. The highest BCUT2D eigenvalue weighted by Gasteiger charge is 2.36. The van der Waals surface area contributed by atoms with Gasteiger partial charge in [0.05, 0.1) is 24.5 Å². The van der Waals surface area contributed by atoms with Crippen molar-refractivity contribution in [2.45, 2.75) is 51.2 Å². The number of nitrogens with one attached hydrogen (secondary N) is 1. The third-order valence-electron chi connectivity index (χ3n) is 5.00. The Morgan fingerprint density at radius 3 is 2.59 bits per heavy atom. The molecule has 0 bridgehead atoms. The molecule has 1 aliphatic carbocycles. The Bertz CT molecular complexity index is 1050. The van der Waals surface area contributed by atoms with E-state index in [-0.39, 0.29) is 12.0 Å². The zero-order chi connectivity index (χ0) is 23.5. The molecule has 170 valence electrons. The van der Waals surface area contributed by atoms with E-state index in [1.54, 1.807) is 20.8 Å². The number of carbonyl (C=O) groups is 2. The van der Waals surface area contributed by atoms with Crippen molar-refractivity contribution in [3.8, 4) is 0 Å². The van der Waals surface area contributed by atoms with E-state index < -0.39 is 41.3 Å². The van der Waals surface area contributed by atoms with Gasteiger partial charge in [-0.2, -0.15) is 0 Å². The van der Waals surface area contributed by atoms with Crippen molar-refractivity contribution in [3.05, 3.63) is 65.3 Å². The summed E-state index contributed by atoms with van der Waals surface area (Å²) < 4.78 is 39.0. The first-order valence-corrected chi connectivity index (χ1v) is 10.1. The fraction of sp³-hybridized carbons (Fsp3) is 0.391. The molecule has 1 aromatic carbocycles. The number of nitrogens with zero attached hydrogens (tertiary/aromatic N) is 2. The number of rotatable bonds is 3. The van der Waals surface area contributed by atoms with Crippen LogP contribution in [0.3, 0.4) is 0 Å². The van der Waals surface area contributed by atoms with E-state index in [9.17, 15) is 18.4 Å². The predicted octanol–water partition coefficient (Wildman–Crippen LogP) is 4.45. The summed E-state index contributed by atoms with van der Waals surface area (Å²) >= 11 is 0. The van der Waals surface area contributed by atoms with Crippen LogP contribution in [0.4, 0.5) is 13.6 Å². The zero-order valence-corrected chi connectivity index (χ0v) is 18.3. The average molecular weight is 445 g/mol. The predicted molar refractivity (Wildman–Crippen MR) is 112 cm³/mol. The molecule has 1 amide bonds. The number of allylic oxidation sites excluding steroid dienone is 1. The second-order valence-electron chi connectivity index (χ2n) is 8.40. The molecular formula is C23H25F2N3O4. The minimum atomic E-state index is -1.00. The molecular weight excluding hydrogens is 420 g/mol. The van der Waals surface area contributed by atoms with Crippen LogP contribution in [0.15, 0.2) is 36.7 Å². The van der Waals surface area contributed by atoms with Gasteiger partial charge < -0.3 is 14.8 Å². The molecule has 0 fully saturated rings. The highest BCUT2D eigenvalue weighted by molar-refractivity contribution is 5.91. The summed E-state index contributed by atoms with van der Waals surface area (Å²) in [6, 6.07) is 3.03. The van der Waals surface area contributed by atoms with Crippen LogP contribution in [-0.4, -0.2) is 34.7 Å². The number of amides is 1. The third kappa shape index (κ3) is 5.27. The summed E-state index contributed by atoms with van der Waals surface area (Å²) in [5.41, 5.74) is 0.533. The first-order valence-electron chi connectivity index (χ1n) is 10.1. The van der Waals surface area contributed by atoms with Crippen molar-refractivity contribution >= 4 is 17.6 Å². The number of esters is 1. The van der Waals surface area contributed by atoms with Gasteiger partial charge >= 0.3 is 12.1 Å². The number of aromatic nitrogens is 2. The van der Waals surface area contributed by atoms with Crippen molar-refractivity contribution in [2.75, 3.05) is 7.11 Å². The van der Waals surface area contributed by atoms with E-state index in [4.69, 9.17) is 9.47 Å². The second kappa shape index (κ2) is 9.42. The maximum atomic E-state index is 14.8. The van der Waals surface area contributed by atoms with E-state index >= 15 is 0 Å². The summed E-state index contributed by atoms with van der Waals surface area (Å²) in [6.07, 6.45) is 4.03. The van der Waals surface area contributed by atoms with Crippen LogP contribution in [0, 0.1) is 11.6 Å². The SMILES string of the molecule is COC(=O)/C=C1/CC[C@@H](c2cccc(F)c2F)[C@H](NC(=O)OC(C)(C)C)c2nccnc21. The standard InChI is InChI=1S/C23H25F2N3O4/c1-23(2,3)32-22(30)28-20-15(14-6-5-7-16(24)18(14)25)9-8-13(12-17(29)31-4)19-21(20)27-11-10-26-19/h5-7,10-12,15,20H,8-9H2,1-4H3,(H,28,30)/b13-12-/t15-,20-/m0/s1. The van der Waals surface area contributed by atoms with Crippen molar-refractivity contribution in [2.24, 2.45) is 0 Å². The lowest BCUT2D eigenvalue weighted by Crippen LogP contribution is -2.38. The molecule has 1 heterocycles. The number of hydrogen-bond acceptors (Lipinski definition) is 6. The molecule has 9 heteroatoms. The van der Waals surface area contributed by atoms with Gasteiger partial charge in [0, 0.05) is 24.4 Å². The average Bonchev–Trinajstić information content (AvgIpc) is 2.86. The van der Waals surface area contributed by atoms with Crippen molar-refractivity contribution in [1.29, 1.82) is 0 Å². The van der Waals surface area contributed by atoms with Crippen LogP contribution < -0.4 is 5.32 Å². The Kier molecular flexibility index (Phi) is 6.86. The Morgan fingerprint density at radius 1 is 1.19 bits per heavy atom. The number of methoxy groups -OCH3 is 1.